The third kappa shape index (κ3) is 3.09. The molecule has 7 heteroatoms. The minimum absolute atomic E-state index is 0.00121. The highest BCUT2D eigenvalue weighted by Gasteiger charge is 2.34. The second kappa shape index (κ2) is 5.92. The van der Waals surface area contributed by atoms with E-state index >= 15 is 0 Å². The van der Waals surface area contributed by atoms with Crippen LogP contribution in [0.2, 0.25) is 0 Å². The van der Waals surface area contributed by atoms with Gasteiger partial charge in [0.05, 0.1) is 17.9 Å². The van der Waals surface area contributed by atoms with Crippen LogP contribution in [0.3, 0.4) is 0 Å². The topological polar surface area (TPSA) is 77.2 Å². The summed E-state index contributed by atoms with van der Waals surface area (Å²) >= 11 is 1.22. The Bertz CT molecular complexity index is 455. The van der Waals surface area contributed by atoms with Crippen LogP contribution in [0, 0.1) is 0 Å². The Balaban J connectivity index is 2.29. The van der Waals surface area contributed by atoms with Crippen LogP contribution in [0.15, 0.2) is 5.16 Å². The molecule has 2 rings (SSSR count). The van der Waals surface area contributed by atoms with Gasteiger partial charge in [0, 0.05) is 13.0 Å². The third-order valence-electron chi connectivity index (χ3n) is 3.30. The summed E-state index contributed by atoms with van der Waals surface area (Å²) in [7, 11) is 0. The number of carboxylic acids is 1. The lowest BCUT2D eigenvalue weighted by Crippen LogP contribution is -2.40. The maximum Gasteiger partial charge on any atom is 0.313 e. The van der Waals surface area contributed by atoms with Gasteiger partial charge in [-0.1, -0.05) is 18.7 Å². The standard InChI is InChI=1S/C12H19N3O3S/c1-3-9-13-14-11(19-7-10(16)17)15(9)12(2)5-4-6-18-8-12/h3-8H2,1-2H3,(H,16,17). The number of nitrogens with zero attached hydrogens (tertiary/aromatic N) is 3. The minimum atomic E-state index is -0.845. The number of aryl methyl sites for hydroxylation is 1. The van der Waals surface area contributed by atoms with E-state index in [2.05, 4.69) is 21.7 Å². The average Bonchev–Trinajstić information content (AvgIpc) is 2.81. The molecule has 1 aliphatic rings. The molecule has 1 N–H and O–H groups in total. The smallest absolute Gasteiger partial charge is 0.313 e. The molecular weight excluding hydrogens is 266 g/mol. The summed E-state index contributed by atoms with van der Waals surface area (Å²) in [5, 5.41) is 17.8. The van der Waals surface area contributed by atoms with E-state index in [4.69, 9.17) is 9.84 Å². The van der Waals surface area contributed by atoms with E-state index in [0.717, 1.165) is 31.7 Å². The Morgan fingerprint density at radius 1 is 1.58 bits per heavy atom. The summed E-state index contributed by atoms with van der Waals surface area (Å²) in [4.78, 5) is 10.7. The SMILES string of the molecule is CCc1nnc(SCC(=O)O)n1C1(C)CCCOC1. The molecule has 1 fully saturated rings. The van der Waals surface area contributed by atoms with Gasteiger partial charge in [-0.2, -0.15) is 0 Å². The van der Waals surface area contributed by atoms with Gasteiger partial charge in [-0.25, -0.2) is 0 Å². The molecular formula is C12H19N3O3S. The fourth-order valence-corrected chi connectivity index (χ4v) is 3.19. The number of hydrogen-bond donors (Lipinski definition) is 1. The highest BCUT2D eigenvalue weighted by Crippen LogP contribution is 2.32. The first kappa shape index (κ1) is 14.3. The van der Waals surface area contributed by atoms with Crippen LogP contribution in [0.4, 0.5) is 0 Å². The first-order valence-corrected chi connectivity index (χ1v) is 7.42. The van der Waals surface area contributed by atoms with E-state index in [0.29, 0.717) is 11.8 Å². The van der Waals surface area contributed by atoms with Gasteiger partial charge >= 0.3 is 5.97 Å². The zero-order valence-electron chi connectivity index (χ0n) is 11.3. The minimum Gasteiger partial charge on any atom is -0.481 e. The van der Waals surface area contributed by atoms with Crippen LogP contribution in [0.5, 0.6) is 0 Å². The maximum atomic E-state index is 10.7. The van der Waals surface area contributed by atoms with E-state index in [-0.39, 0.29) is 11.3 Å². The first-order chi connectivity index (χ1) is 9.07. The summed E-state index contributed by atoms with van der Waals surface area (Å²) in [6.07, 6.45) is 2.77. The van der Waals surface area contributed by atoms with Crippen molar-refractivity contribution in [2.24, 2.45) is 0 Å². The van der Waals surface area contributed by atoms with Gasteiger partial charge in [-0.15, -0.1) is 10.2 Å². The Morgan fingerprint density at radius 2 is 2.37 bits per heavy atom. The van der Waals surface area contributed by atoms with Crippen molar-refractivity contribution < 1.29 is 14.6 Å². The summed E-state index contributed by atoms with van der Waals surface area (Å²) in [6, 6.07) is 0. The number of carbonyl (C=O) groups is 1. The molecule has 1 unspecified atom stereocenters. The van der Waals surface area contributed by atoms with E-state index in [9.17, 15) is 4.79 Å². The zero-order valence-corrected chi connectivity index (χ0v) is 12.1. The fraction of sp³-hybridized carbons (Fsp3) is 0.750. The summed E-state index contributed by atoms with van der Waals surface area (Å²) < 4.78 is 7.66. The number of rotatable bonds is 5. The van der Waals surface area contributed by atoms with Crippen molar-refractivity contribution in [3.63, 3.8) is 0 Å². The van der Waals surface area contributed by atoms with Crippen molar-refractivity contribution in [1.29, 1.82) is 0 Å². The van der Waals surface area contributed by atoms with E-state index < -0.39 is 5.97 Å². The highest BCUT2D eigenvalue weighted by molar-refractivity contribution is 7.99. The van der Waals surface area contributed by atoms with Crippen molar-refractivity contribution >= 4 is 17.7 Å². The van der Waals surface area contributed by atoms with Crippen molar-refractivity contribution in [3.8, 4) is 0 Å². The Kier molecular flexibility index (Phi) is 4.46. The van der Waals surface area contributed by atoms with Gasteiger partial charge in [0.1, 0.15) is 5.82 Å². The molecule has 0 aromatic carbocycles. The molecule has 6 nitrogen and oxygen atoms in total. The largest absolute Gasteiger partial charge is 0.481 e. The lowest BCUT2D eigenvalue weighted by Gasteiger charge is -2.36. The number of carboxylic acid groups (broad SMARTS) is 1. The first-order valence-electron chi connectivity index (χ1n) is 6.44. The normalized spacial score (nSPS) is 23.5. The molecule has 0 aliphatic carbocycles. The van der Waals surface area contributed by atoms with Crippen LogP contribution in [0.1, 0.15) is 32.5 Å². The van der Waals surface area contributed by atoms with Crippen LogP contribution in [-0.4, -0.2) is 44.8 Å². The summed E-state index contributed by atoms with van der Waals surface area (Å²) in [6.45, 7) is 5.56. The molecule has 0 saturated carbocycles. The molecule has 1 aromatic rings. The number of aliphatic carboxylic acids is 1. The van der Waals surface area contributed by atoms with Gasteiger partial charge < -0.3 is 9.84 Å². The van der Waals surface area contributed by atoms with Crippen molar-refractivity contribution in [2.45, 2.75) is 43.8 Å². The highest BCUT2D eigenvalue weighted by atomic mass is 32.2. The van der Waals surface area contributed by atoms with E-state index in [1.165, 1.54) is 11.8 Å². The lowest BCUT2D eigenvalue weighted by molar-refractivity contribution is -0.133. The second-order valence-electron chi connectivity index (χ2n) is 4.92. The van der Waals surface area contributed by atoms with Gasteiger partial charge in [-0.05, 0) is 19.8 Å². The predicted molar refractivity (Wildman–Crippen MR) is 71.5 cm³/mol. The molecule has 0 amide bonds. The Labute approximate surface area is 116 Å². The van der Waals surface area contributed by atoms with Crippen LogP contribution in [-0.2, 0) is 21.5 Å². The van der Waals surface area contributed by atoms with Crippen LogP contribution in [0.25, 0.3) is 0 Å². The predicted octanol–water partition coefficient (Wildman–Crippen LogP) is 1.54. The molecule has 0 radical (unpaired) electrons. The number of aromatic nitrogens is 3. The second-order valence-corrected chi connectivity index (χ2v) is 5.87. The van der Waals surface area contributed by atoms with Gasteiger partial charge in [0.25, 0.3) is 0 Å². The fourth-order valence-electron chi connectivity index (χ4n) is 2.39. The van der Waals surface area contributed by atoms with Gasteiger partial charge in [0.15, 0.2) is 5.16 Å². The monoisotopic (exact) mass is 285 g/mol. The van der Waals surface area contributed by atoms with E-state index in [1.54, 1.807) is 0 Å². The van der Waals surface area contributed by atoms with Crippen molar-refractivity contribution in [1.82, 2.24) is 14.8 Å². The Hall–Kier alpha value is -1.08. The van der Waals surface area contributed by atoms with Gasteiger partial charge in [0.2, 0.25) is 0 Å². The number of ether oxygens (including phenoxy) is 1. The molecule has 0 spiro atoms. The number of thioether (sulfide) groups is 1. The van der Waals surface area contributed by atoms with E-state index in [1.807, 2.05) is 6.92 Å². The summed E-state index contributed by atoms with van der Waals surface area (Å²) in [5.41, 5.74) is -0.173. The average molecular weight is 285 g/mol. The Morgan fingerprint density at radius 3 is 2.95 bits per heavy atom. The molecule has 19 heavy (non-hydrogen) atoms. The number of hydrogen-bond acceptors (Lipinski definition) is 5. The van der Waals surface area contributed by atoms with Crippen molar-refractivity contribution in [3.05, 3.63) is 5.82 Å². The molecule has 1 aromatic heterocycles. The molecule has 0 bridgehead atoms. The van der Waals surface area contributed by atoms with Crippen LogP contribution < -0.4 is 0 Å². The molecule has 106 valence electrons. The van der Waals surface area contributed by atoms with Gasteiger partial charge in [-0.3, -0.25) is 9.36 Å². The molecule has 1 aliphatic heterocycles. The molecule has 1 saturated heterocycles. The molecule has 1 atom stereocenters. The summed E-state index contributed by atoms with van der Waals surface area (Å²) in [5.74, 6) is 0.0437. The molecule has 2 heterocycles. The maximum absolute atomic E-state index is 10.7. The quantitative estimate of drug-likeness (QED) is 0.827. The third-order valence-corrected chi connectivity index (χ3v) is 4.21. The van der Waals surface area contributed by atoms with Crippen molar-refractivity contribution in [2.75, 3.05) is 19.0 Å². The zero-order chi connectivity index (χ0) is 13.9. The van der Waals surface area contributed by atoms with Crippen LogP contribution >= 0.6 is 11.8 Å². The lowest BCUT2D eigenvalue weighted by atomic mass is 9.94.